The fraction of sp³-hybridized carbons (Fsp3) is 0.350. The molecule has 1 aliphatic rings. The number of ether oxygens (including phenoxy) is 1. The van der Waals surface area contributed by atoms with Crippen molar-refractivity contribution < 1.29 is 18.5 Å². The number of benzene rings is 1. The molecular formula is C20H21N3O4. The first-order chi connectivity index (χ1) is 13.2. The summed E-state index contributed by atoms with van der Waals surface area (Å²) >= 11 is 0. The van der Waals surface area contributed by atoms with E-state index in [1.165, 1.54) is 18.1 Å². The molecule has 0 N–H and O–H groups in total. The average molecular weight is 367 g/mol. The number of likely N-dealkylation sites (tertiary alicyclic amines) is 1. The van der Waals surface area contributed by atoms with Crippen LogP contribution in [-0.4, -0.2) is 27.5 Å². The molecule has 2 aromatic heterocycles. The summed E-state index contributed by atoms with van der Waals surface area (Å²) in [6, 6.07) is 9.24. The lowest BCUT2D eigenvalue weighted by atomic mass is 10.0. The molecule has 7 heteroatoms. The van der Waals surface area contributed by atoms with Crippen molar-refractivity contribution in [1.82, 2.24) is 15.0 Å². The molecule has 1 fully saturated rings. The van der Waals surface area contributed by atoms with E-state index in [4.69, 9.17) is 13.7 Å². The van der Waals surface area contributed by atoms with Crippen molar-refractivity contribution in [1.29, 1.82) is 0 Å². The number of aryl methyl sites for hydroxylation is 1. The highest BCUT2D eigenvalue weighted by Crippen LogP contribution is 2.30. The zero-order valence-electron chi connectivity index (χ0n) is 15.1. The third-order valence-electron chi connectivity index (χ3n) is 4.70. The van der Waals surface area contributed by atoms with Crippen LogP contribution in [0.2, 0.25) is 0 Å². The quantitative estimate of drug-likeness (QED) is 0.680. The smallest absolute Gasteiger partial charge is 0.264 e. The summed E-state index contributed by atoms with van der Waals surface area (Å²) < 4.78 is 16.1. The molecule has 0 bridgehead atoms. The molecular weight excluding hydrogens is 346 g/mol. The SMILES string of the molecule is Cc1ccc(OCc2nc(C3CCCCN3C(=O)c3ccoc3)no2)cc1. The van der Waals surface area contributed by atoms with Gasteiger partial charge in [-0.15, -0.1) is 0 Å². The van der Waals surface area contributed by atoms with E-state index in [2.05, 4.69) is 10.1 Å². The second-order valence-corrected chi connectivity index (χ2v) is 6.67. The van der Waals surface area contributed by atoms with Gasteiger partial charge in [0.05, 0.1) is 17.9 Å². The number of piperidine rings is 1. The summed E-state index contributed by atoms with van der Waals surface area (Å²) in [5, 5.41) is 4.10. The number of aromatic nitrogens is 2. The monoisotopic (exact) mass is 367 g/mol. The molecule has 1 amide bonds. The Morgan fingerprint density at radius 2 is 2.11 bits per heavy atom. The highest BCUT2D eigenvalue weighted by molar-refractivity contribution is 5.94. The Morgan fingerprint density at radius 3 is 2.89 bits per heavy atom. The minimum atomic E-state index is -0.196. The van der Waals surface area contributed by atoms with Gasteiger partial charge in [-0.1, -0.05) is 22.9 Å². The summed E-state index contributed by atoms with van der Waals surface area (Å²) in [6.45, 7) is 2.88. The van der Waals surface area contributed by atoms with Gasteiger partial charge >= 0.3 is 0 Å². The van der Waals surface area contributed by atoms with Crippen LogP contribution in [0, 0.1) is 6.92 Å². The minimum Gasteiger partial charge on any atom is -0.484 e. The van der Waals surface area contributed by atoms with E-state index in [0.717, 1.165) is 25.0 Å². The van der Waals surface area contributed by atoms with Crippen LogP contribution in [0.1, 0.15) is 52.9 Å². The lowest BCUT2D eigenvalue weighted by molar-refractivity contribution is 0.0596. The van der Waals surface area contributed by atoms with Crippen molar-refractivity contribution in [2.45, 2.75) is 38.8 Å². The third kappa shape index (κ3) is 3.86. The summed E-state index contributed by atoms with van der Waals surface area (Å²) in [5.41, 5.74) is 1.70. The molecule has 1 atom stereocenters. The van der Waals surface area contributed by atoms with Gasteiger partial charge in [0.1, 0.15) is 12.0 Å². The summed E-state index contributed by atoms with van der Waals surface area (Å²) in [4.78, 5) is 19.0. The Balaban J connectivity index is 1.45. The van der Waals surface area contributed by atoms with Crippen LogP contribution in [0.15, 0.2) is 51.8 Å². The van der Waals surface area contributed by atoms with Crippen molar-refractivity contribution in [3.05, 3.63) is 65.7 Å². The van der Waals surface area contributed by atoms with Crippen molar-refractivity contribution >= 4 is 5.91 Å². The Labute approximate surface area is 156 Å². The summed E-state index contributed by atoms with van der Waals surface area (Å²) in [5.74, 6) is 1.59. The number of hydrogen-bond acceptors (Lipinski definition) is 6. The lowest BCUT2D eigenvalue weighted by Crippen LogP contribution is -2.38. The maximum absolute atomic E-state index is 12.7. The van der Waals surface area contributed by atoms with Crippen LogP contribution in [0.25, 0.3) is 0 Å². The highest BCUT2D eigenvalue weighted by Gasteiger charge is 2.32. The number of hydrogen-bond donors (Lipinski definition) is 0. The fourth-order valence-corrected chi connectivity index (χ4v) is 3.24. The number of rotatable bonds is 5. The number of carbonyl (C=O) groups is 1. The standard InChI is InChI=1S/C20H21N3O4/c1-14-5-7-16(8-6-14)26-13-18-21-19(22-27-18)17-4-2-3-10-23(17)20(24)15-9-11-25-12-15/h5-9,11-12,17H,2-4,10,13H2,1H3. The predicted molar refractivity (Wildman–Crippen MR) is 96.1 cm³/mol. The van der Waals surface area contributed by atoms with E-state index in [9.17, 15) is 4.79 Å². The first-order valence-electron chi connectivity index (χ1n) is 9.06. The van der Waals surface area contributed by atoms with Crippen LogP contribution in [-0.2, 0) is 6.61 Å². The topological polar surface area (TPSA) is 81.6 Å². The van der Waals surface area contributed by atoms with E-state index in [1.54, 1.807) is 11.0 Å². The molecule has 0 radical (unpaired) electrons. The van der Waals surface area contributed by atoms with Gasteiger partial charge in [-0.3, -0.25) is 4.79 Å². The minimum absolute atomic E-state index is 0.0734. The van der Waals surface area contributed by atoms with Crippen LogP contribution >= 0.6 is 0 Å². The number of furan rings is 1. The maximum Gasteiger partial charge on any atom is 0.264 e. The van der Waals surface area contributed by atoms with E-state index >= 15 is 0 Å². The molecule has 3 heterocycles. The average Bonchev–Trinajstić information content (AvgIpc) is 3.39. The molecule has 0 saturated carbocycles. The van der Waals surface area contributed by atoms with Crippen molar-refractivity contribution in [2.75, 3.05) is 6.54 Å². The van der Waals surface area contributed by atoms with Gasteiger partial charge in [0, 0.05) is 6.54 Å². The van der Waals surface area contributed by atoms with Gasteiger partial charge in [-0.25, -0.2) is 0 Å². The van der Waals surface area contributed by atoms with Gasteiger partial charge in [0.15, 0.2) is 12.4 Å². The van der Waals surface area contributed by atoms with E-state index in [-0.39, 0.29) is 18.6 Å². The zero-order chi connectivity index (χ0) is 18.6. The molecule has 4 rings (SSSR count). The van der Waals surface area contributed by atoms with Gasteiger partial charge in [0.2, 0.25) is 0 Å². The second-order valence-electron chi connectivity index (χ2n) is 6.67. The molecule has 0 aliphatic carbocycles. The van der Waals surface area contributed by atoms with Crippen LogP contribution in [0.3, 0.4) is 0 Å². The molecule has 1 saturated heterocycles. The Bertz CT molecular complexity index is 886. The van der Waals surface area contributed by atoms with Gasteiger partial charge in [0.25, 0.3) is 11.8 Å². The lowest BCUT2D eigenvalue weighted by Gasteiger charge is -2.33. The Kier molecular flexibility index (Phi) is 4.91. The third-order valence-corrected chi connectivity index (χ3v) is 4.70. The van der Waals surface area contributed by atoms with Crippen molar-refractivity contribution in [3.8, 4) is 5.75 Å². The van der Waals surface area contributed by atoms with Gasteiger partial charge < -0.3 is 18.6 Å². The van der Waals surface area contributed by atoms with E-state index < -0.39 is 0 Å². The van der Waals surface area contributed by atoms with Crippen LogP contribution in [0.5, 0.6) is 5.75 Å². The Hall–Kier alpha value is -3.09. The highest BCUT2D eigenvalue weighted by atomic mass is 16.5. The van der Waals surface area contributed by atoms with E-state index in [1.807, 2.05) is 31.2 Å². The Morgan fingerprint density at radius 1 is 1.26 bits per heavy atom. The van der Waals surface area contributed by atoms with Crippen LogP contribution < -0.4 is 4.74 Å². The molecule has 1 aliphatic heterocycles. The van der Waals surface area contributed by atoms with Crippen molar-refractivity contribution in [3.63, 3.8) is 0 Å². The molecule has 3 aromatic rings. The second kappa shape index (κ2) is 7.65. The fourth-order valence-electron chi connectivity index (χ4n) is 3.24. The predicted octanol–water partition coefficient (Wildman–Crippen LogP) is 3.92. The largest absolute Gasteiger partial charge is 0.484 e. The molecule has 7 nitrogen and oxygen atoms in total. The molecule has 140 valence electrons. The first kappa shape index (κ1) is 17.3. The summed E-state index contributed by atoms with van der Waals surface area (Å²) in [6.07, 6.45) is 5.75. The summed E-state index contributed by atoms with van der Waals surface area (Å²) in [7, 11) is 0. The number of nitrogens with zero attached hydrogens (tertiary/aromatic N) is 3. The zero-order valence-corrected chi connectivity index (χ0v) is 15.1. The molecule has 27 heavy (non-hydrogen) atoms. The van der Waals surface area contributed by atoms with Crippen LogP contribution in [0.4, 0.5) is 0 Å². The van der Waals surface area contributed by atoms with E-state index in [0.29, 0.717) is 23.8 Å². The van der Waals surface area contributed by atoms with Crippen molar-refractivity contribution in [2.24, 2.45) is 0 Å². The van der Waals surface area contributed by atoms with Gasteiger partial charge in [-0.05, 0) is 44.4 Å². The first-order valence-corrected chi connectivity index (χ1v) is 9.06. The van der Waals surface area contributed by atoms with Gasteiger partial charge in [-0.2, -0.15) is 4.98 Å². The number of carbonyl (C=O) groups excluding carboxylic acids is 1. The number of amides is 1. The molecule has 1 unspecified atom stereocenters. The molecule has 1 aromatic carbocycles. The maximum atomic E-state index is 12.7. The molecule has 0 spiro atoms. The normalized spacial score (nSPS) is 17.1.